The monoisotopic (exact) mass is 366 g/mol. The first kappa shape index (κ1) is 19.8. The Morgan fingerprint density at radius 3 is 2.30 bits per heavy atom. The Kier molecular flexibility index (Phi) is 7.42. The van der Waals surface area contributed by atoms with E-state index in [0.29, 0.717) is 19.7 Å². The van der Waals surface area contributed by atoms with Crippen LogP contribution in [0.25, 0.3) is 0 Å². The van der Waals surface area contributed by atoms with Crippen LogP contribution in [0, 0.1) is 0 Å². The second-order valence-corrected chi connectivity index (χ2v) is 8.48. The van der Waals surface area contributed by atoms with Gasteiger partial charge in [0.1, 0.15) is 10.6 Å². The van der Waals surface area contributed by atoms with Gasteiger partial charge >= 0.3 is 0 Å². The summed E-state index contributed by atoms with van der Waals surface area (Å²) in [5.41, 5.74) is 0. The minimum Gasteiger partial charge on any atom is -0.495 e. The van der Waals surface area contributed by atoms with Gasteiger partial charge in [-0.05, 0) is 18.2 Å². The van der Waals surface area contributed by atoms with Gasteiger partial charge < -0.3 is 14.8 Å². The van der Waals surface area contributed by atoms with Gasteiger partial charge in [0.05, 0.1) is 18.6 Å². The van der Waals surface area contributed by atoms with Crippen molar-refractivity contribution >= 4 is 19.9 Å². The van der Waals surface area contributed by atoms with Crippen molar-refractivity contribution < 1.29 is 26.3 Å². The van der Waals surface area contributed by atoms with Gasteiger partial charge in [-0.2, -0.15) is 0 Å². The number of benzene rings is 1. The van der Waals surface area contributed by atoms with E-state index in [2.05, 4.69) is 10.0 Å². The molecule has 0 radical (unpaired) electrons. The molecular formula is C13H22N2O6S2. The van der Waals surface area contributed by atoms with Crippen LogP contribution >= 0.6 is 0 Å². The molecular weight excluding hydrogens is 344 g/mol. The summed E-state index contributed by atoms with van der Waals surface area (Å²) in [6.45, 7) is 1.69. The maximum absolute atomic E-state index is 12.3. The van der Waals surface area contributed by atoms with E-state index in [9.17, 15) is 16.8 Å². The molecule has 0 fully saturated rings. The molecule has 0 saturated heterocycles. The van der Waals surface area contributed by atoms with Gasteiger partial charge in [-0.15, -0.1) is 0 Å². The highest BCUT2D eigenvalue weighted by atomic mass is 32.2. The highest BCUT2D eigenvalue weighted by Gasteiger charge is 2.21. The first-order chi connectivity index (χ1) is 10.7. The van der Waals surface area contributed by atoms with Crippen molar-refractivity contribution in [2.24, 2.45) is 0 Å². The van der Waals surface area contributed by atoms with Gasteiger partial charge in [0, 0.05) is 33.0 Å². The third-order valence-electron chi connectivity index (χ3n) is 2.93. The third-order valence-corrected chi connectivity index (χ3v) is 5.52. The Bertz CT molecular complexity index is 716. The van der Waals surface area contributed by atoms with E-state index >= 15 is 0 Å². The minimum absolute atomic E-state index is 0.0808. The summed E-state index contributed by atoms with van der Waals surface area (Å²) in [6, 6.07) is 3.72. The van der Waals surface area contributed by atoms with Crippen molar-refractivity contribution in [2.45, 2.75) is 9.79 Å². The molecule has 0 aromatic heterocycles. The van der Waals surface area contributed by atoms with E-state index < -0.39 is 19.9 Å². The number of hydrogen-bond acceptors (Lipinski definition) is 7. The smallest absolute Gasteiger partial charge is 0.244 e. The minimum atomic E-state index is -3.89. The zero-order valence-electron chi connectivity index (χ0n) is 13.3. The Balaban J connectivity index is 2.89. The number of ether oxygens (including phenoxy) is 2. The van der Waals surface area contributed by atoms with Crippen LogP contribution in [0.1, 0.15) is 0 Å². The molecule has 23 heavy (non-hydrogen) atoms. The normalized spacial score (nSPS) is 12.3. The first-order valence-corrected chi connectivity index (χ1v) is 10.2. The van der Waals surface area contributed by atoms with Crippen molar-refractivity contribution in [3.8, 4) is 5.75 Å². The SMILES string of the molecule is COCCNCCNS(=O)(=O)c1cc(S(C)(=O)=O)ccc1OC. The topological polar surface area (TPSA) is 111 Å². The molecule has 0 amide bonds. The predicted octanol–water partition coefficient (Wildman–Crippen LogP) is -0.387. The molecule has 2 N–H and O–H groups in total. The van der Waals surface area contributed by atoms with E-state index in [0.717, 1.165) is 12.3 Å². The summed E-state index contributed by atoms with van der Waals surface area (Å²) in [5.74, 6) is 0.0808. The fourth-order valence-corrected chi connectivity index (χ4v) is 3.69. The molecule has 132 valence electrons. The second kappa shape index (κ2) is 8.60. The fraction of sp³-hybridized carbons (Fsp3) is 0.538. The van der Waals surface area contributed by atoms with Gasteiger partial charge in [-0.1, -0.05) is 0 Å². The molecule has 0 spiro atoms. The summed E-state index contributed by atoms with van der Waals surface area (Å²) in [5, 5.41) is 3.00. The van der Waals surface area contributed by atoms with Crippen LogP contribution in [-0.2, 0) is 24.6 Å². The molecule has 10 heteroatoms. The van der Waals surface area contributed by atoms with E-state index in [1.165, 1.54) is 19.2 Å². The van der Waals surface area contributed by atoms with Crippen LogP contribution in [0.2, 0.25) is 0 Å². The molecule has 0 aliphatic rings. The van der Waals surface area contributed by atoms with Crippen LogP contribution in [0.15, 0.2) is 28.0 Å². The van der Waals surface area contributed by atoms with Crippen LogP contribution in [-0.4, -0.2) is 63.6 Å². The lowest BCUT2D eigenvalue weighted by molar-refractivity contribution is 0.199. The van der Waals surface area contributed by atoms with Crippen molar-refractivity contribution in [1.29, 1.82) is 0 Å². The lowest BCUT2D eigenvalue weighted by atomic mass is 10.3. The zero-order chi connectivity index (χ0) is 17.5. The fourth-order valence-electron chi connectivity index (χ4n) is 1.75. The van der Waals surface area contributed by atoms with E-state index in [-0.39, 0.29) is 22.1 Å². The molecule has 0 aliphatic heterocycles. The van der Waals surface area contributed by atoms with Crippen molar-refractivity contribution in [2.75, 3.05) is 46.7 Å². The number of hydrogen-bond donors (Lipinski definition) is 2. The Hall–Kier alpha value is -1.20. The van der Waals surface area contributed by atoms with E-state index in [1.807, 2.05) is 0 Å². The maximum Gasteiger partial charge on any atom is 0.244 e. The van der Waals surface area contributed by atoms with Gasteiger partial charge in [0.25, 0.3) is 0 Å². The molecule has 0 unspecified atom stereocenters. The van der Waals surface area contributed by atoms with E-state index in [4.69, 9.17) is 9.47 Å². The molecule has 0 atom stereocenters. The highest BCUT2D eigenvalue weighted by molar-refractivity contribution is 7.91. The Labute approximate surface area is 137 Å². The average molecular weight is 366 g/mol. The Morgan fingerprint density at radius 2 is 1.74 bits per heavy atom. The standard InChI is InChI=1S/C13H22N2O6S2/c1-20-9-8-14-6-7-15-23(18,19)13-10-11(22(3,16)17)4-5-12(13)21-2/h4-5,10,14-15H,6-9H2,1-3H3. The summed E-state index contributed by atoms with van der Waals surface area (Å²) in [4.78, 5) is -0.295. The zero-order valence-corrected chi connectivity index (χ0v) is 15.0. The van der Waals surface area contributed by atoms with Crippen molar-refractivity contribution in [3.63, 3.8) is 0 Å². The van der Waals surface area contributed by atoms with E-state index in [1.54, 1.807) is 7.11 Å². The van der Waals surface area contributed by atoms with Crippen LogP contribution in [0.5, 0.6) is 5.75 Å². The van der Waals surface area contributed by atoms with Gasteiger partial charge in [0.2, 0.25) is 10.0 Å². The molecule has 0 aliphatic carbocycles. The molecule has 1 rings (SSSR count). The number of rotatable bonds is 10. The maximum atomic E-state index is 12.3. The van der Waals surface area contributed by atoms with Crippen LogP contribution < -0.4 is 14.8 Å². The Morgan fingerprint density at radius 1 is 1.04 bits per heavy atom. The summed E-state index contributed by atoms with van der Waals surface area (Å²) in [6.07, 6.45) is 1.01. The molecule has 0 heterocycles. The number of nitrogens with one attached hydrogen (secondary N) is 2. The summed E-state index contributed by atoms with van der Waals surface area (Å²) < 4.78 is 60.1. The number of sulfone groups is 1. The van der Waals surface area contributed by atoms with Crippen LogP contribution in [0.4, 0.5) is 0 Å². The number of sulfonamides is 1. The van der Waals surface area contributed by atoms with Gasteiger partial charge in [-0.25, -0.2) is 21.6 Å². The quantitative estimate of drug-likeness (QED) is 0.543. The lowest BCUT2D eigenvalue weighted by Gasteiger charge is -2.12. The molecule has 1 aromatic carbocycles. The predicted molar refractivity (Wildman–Crippen MR) is 86.0 cm³/mol. The molecule has 0 saturated carbocycles. The summed E-state index contributed by atoms with van der Waals surface area (Å²) >= 11 is 0. The van der Waals surface area contributed by atoms with Gasteiger partial charge in [-0.3, -0.25) is 0 Å². The second-order valence-electron chi connectivity index (χ2n) is 4.73. The van der Waals surface area contributed by atoms with Crippen molar-refractivity contribution in [1.82, 2.24) is 10.0 Å². The number of methoxy groups -OCH3 is 2. The highest BCUT2D eigenvalue weighted by Crippen LogP contribution is 2.26. The van der Waals surface area contributed by atoms with Gasteiger partial charge in [0.15, 0.2) is 9.84 Å². The average Bonchev–Trinajstić information content (AvgIpc) is 2.49. The van der Waals surface area contributed by atoms with Crippen molar-refractivity contribution in [3.05, 3.63) is 18.2 Å². The summed E-state index contributed by atoms with van der Waals surface area (Å²) in [7, 11) is -4.51. The third kappa shape index (κ3) is 6.07. The molecule has 8 nitrogen and oxygen atoms in total. The largest absolute Gasteiger partial charge is 0.495 e. The van der Waals surface area contributed by atoms with Crippen LogP contribution in [0.3, 0.4) is 0 Å². The first-order valence-electron chi connectivity index (χ1n) is 6.80. The molecule has 0 bridgehead atoms. The lowest BCUT2D eigenvalue weighted by Crippen LogP contribution is -2.33. The molecule has 1 aromatic rings.